The molecule has 2 nitrogen and oxygen atoms in total. The number of fused-ring (bicyclic) bond motifs is 3. The lowest BCUT2D eigenvalue weighted by Gasteiger charge is -2.54. The summed E-state index contributed by atoms with van der Waals surface area (Å²) < 4.78 is 13.3. The second kappa shape index (κ2) is 10.4. The largest absolute Gasteiger partial charge is 0.393 e. The molecule has 0 saturated heterocycles. The fourth-order valence-electron chi connectivity index (χ4n) is 8.47. The highest BCUT2D eigenvalue weighted by Gasteiger charge is 2.58. The van der Waals surface area contributed by atoms with Gasteiger partial charge >= 0.3 is 0 Å². The van der Waals surface area contributed by atoms with Gasteiger partial charge in [0, 0.05) is 0 Å². The van der Waals surface area contributed by atoms with Gasteiger partial charge in [-0.2, -0.15) is 0 Å². The van der Waals surface area contributed by atoms with Crippen molar-refractivity contribution in [1.82, 2.24) is 0 Å². The molecule has 0 spiro atoms. The van der Waals surface area contributed by atoms with Crippen LogP contribution in [0.5, 0.6) is 0 Å². The number of unbranched alkanes of at least 4 members (excludes halogenated alkanes) is 1. The van der Waals surface area contributed by atoms with Gasteiger partial charge in [0.25, 0.3) is 0 Å². The van der Waals surface area contributed by atoms with Gasteiger partial charge in [0.1, 0.15) is 5.82 Å². The van der Waals surface area contributed by atoms with Gasteiger partial charge in [0.05, 0.1) is 11.7 Å². The Balaban J connectivity index is 1.36. The lowest BCUT2D eigenvalue weighted by atomic mass is 9.52. The van der Waals surface area contributed by atoms with Gasteiger partial charge in [-0.3, -0.25) is 0 Å². The third-order valence-corrected chi connectivity index (χ3v) is 10.2. The number of aliphatic hydroxyl groups excluding tert-OH is 1. The summed E-state index contributed by atoms with van der Waals surface area (Å²) in [5.41, 5.74) is 0.672. The minimum absolute atomic E-state index is 0.104. The Bertz CT molecular complexity index is 759. The van der Waals surface area contributed by atoms with E-state index in [1.54, 1.807) is 0 Å². The molecular weight excluding hydrogens is 411 g/mol. The number of aryl methyl sites for hydroxylation is 1. The first-order valence-electron chi connectivity index (χ1n) is 13.9. The van der Waals surface area contributed by atoms with Crippen molar-refractivity contribution in [2.75, 3.05) is 0 Å². The van der Waals surface area contributed by atoms with Gasteiger partial charge in [-0.1, -0.05) is 45.2 Å². The number of halogens is 1. The molecule has 186 valence electrons. The van der Waals surface area contributed by atoms with Crippen LogP contribution in [0.4, 0.5) is 4.39 Å². The molecule has 0 aromatic heterocycles. The normalized spacial score (nSPS) is 36.6. The van der Waals surface area contributed by atoms with Crippen LogP contribution in [0, 0.1) is 40.8 Å². The minimum Gasteiger partial charge on any atom is -0.393 e. The van der Waals surface area contributed by atoms with Crippen molar-refractivity contribution < 1.29 is 14.6 Å². The summed E-state index contributed by atoms with van der Waals surface area (Å²) in [7, 11) is 0. The highest BCUT2D eigenvalue weighted by Crippen LogP contribution is 2.64. The second-order valence-corrected chi connectivity index (χ2v) is 12.4. The zero-order valence-electron chi connectivity index (χ0n) is 21.2. The first-order valence-corrected chi connectivity index (χ1v) is 13.9. The summed E-state index contributed by atoms with van der Waals surface area (Å²) in [6, 6.07) is 6.76. The molecule has 3 aliphatic carbocycles. The maximum atomic E-state index is 13.3. The number of rotatable bonds is 9. The minimum atomic E-state index is -0.675. The molecule has 1 aromatic rings. The van der Waals surface area contributed by atoms with Crippen molar-refractivity contribution in [2.45, 2.75) is 116 Å². The zero-order chi connectivity index (χ0) is 23.6. The fraction of sp³-hybridized carbons (Fsp3) is 0.800. The van der Waals surface area contributed by atoms with Crippen molar-refractivity contribution in [3.05, 3.63) is 35.6 Å². The van der Waals surface area contributed by atoms with Gasteiger partial charge in [0.2, 0.25) is 0 Å². The second-order valence-electron chi connectivity index (χ2n) is 12.4. The Kier molecular flexibility index (Phi) is 7.90. The summed E-state index contributed by atoms with van der Waals surface area (Å²) >= 11 is 0. The summed E-state index contributed by atoms with van der Waals surface area (Å²) in [5.74, 6) is 3.24. The predicted molar refractivity (Wildman–Crippen MR) is 133 cm³/mol. The molecule has 0 amide bonds. The first kappa shape index (κ1) is 25.2. The van der Waals surface area contributed by atoms with Crippen molar-refractivity contribution >= 4 is 0 Å². The molecule has 4 rings (SSSR count). The van der Waals surface area contributed by atoms with Gasteiger partial charge in [-0.05, 0) is 124 Å². The highest BCUT2D eigenvalue weighted by atomic mass is 19.1. The topological polar surface area (TPSA) is 40.5 Å². The fourth-order valence-corrected chi connectivity index (χ4v) is 8.47. The number of hydrogen-bond acceptors (Lipinski definition) is 2. The monoisotopic (exact) mass is 458 g/mol. The molecule has 0 unspecified atom stereocenters. The van der Waals surface area contributed by atoms with Crippen molar-refractivity contribution in [3.8, 4) is 0 Å². The average Bonchev–Trinajstić information content (AvgIpc) is 3.15. The Hall–Kier alpha value is -0.930. The molecule has 0 bridgehead atoms. The van der Waals surface area contributed by atoms with E-state index < -0.39 is 5.60 Å². The summed E-state index contributed by atoms with van der Waals surface area (Å²) in [6.45, 7) is 6.75. The maximum Gasteiger partial charge on any atom is 0.123 e. The molecule has 0 radical (unpaired) electrons. The predicted octanol–water partition coefficient (Wildman–Crippen LogP) is 7.31. The molecule has 3 fully saturated rings. The van der Waals surface area contributed by atoms with Crippen LogP contribution in [0.25, 0.3) is 0 Å². The average molecular weight is 459 g/mol. The van der Waals surface area contributed by atoms with Crippen LogP contribution >= 0.6 is 0 Å². The van der Waals surface area contributed by atoms with Crippen LogP contribution in [0.3, 0.4) is 0 Å². The summed E-state index contributed by atoms with van der Waals surface area (Å²) in [6.07, 6.45) is 14.6. The SMILES string of the molecule is CCCC[C@H](O)C[C@@H]1CC[C@@H]2[C@H](CC[C@@]3(C)[C@H]2CC[C@@H]3[C@@](C)(O)CCc2ccc(F)cc2)C1. The molecule has 3 heteroatoms. The third kappa shape index (κ3) is 5.50. The van der Waals surface area contributed by atoms with E-state index in [-0.39, 0.29) is 17.3 Å². The molecule has 33 heavy (non-hydrogen) atoms. The van der Waals surface area contributed by atoms with Crippen LogP contribution in [0.2, 0.25) is 0 Å². The van der Waals surface area contributed by atoms with Crippen LogP contribution in [0.15, 0.2) is 24.3 Å². The molecule has 3 aliphatic rings. The standard InChI is InChI=1S/C30H47FO2/c1-4-5-6-25(32)20-22-9-12-26-23(19-22)16-17-29(2)27(26)13-14-28(29)30(3,33)18-15-21-7-10-24(31)11-8-21/h7-8,10-11,22-23,25-28,32-33H,4-6,9,12-20H2,1-3H3/t22-,23-,25+,26-,27+,28+,29+,30+/m1/s1. The van der Waals surface area contributed by atoms with E-state index in [2.05, 4.69) is 20.8 Å². The Morgan fingerprint density at radius 2 is 1.88 bits per heavy atom. The Morgan fingerprint density at radius 1 is 1.12 bits per heavy atom. The molecule has 8 atom stereocenters. The van der Waals surface area contributed by atoms with Gasteiger partial charge in [0.15, 0.2) is 0 Å². The van der Waals surface area contributed by atoms with E-state index in [1.807, 2.05) is 12.1 Å². The molecule has 3 saturated carbocycles. The Morgan fingerprint density at radius 3 is 2.61 bits per heavy atom. The smallest absolute Gasteiger partial charge is 0.123 e. The number of benzene rings is 1. The van der Waals surface area contributed by atoms with Crippen LogP contribution in [-0.4, -0.2) is 21.9 Å². The quantitative estimate of drug-likeness (QED) is 0.407. The van der Waals surface area contributed by atoms with E-state index in [9.17, 15) is 14.6 Å². The molecule has 1 aromatic carbocycles. The summed E-state index contributed by atoms with van der Waals surface area (Å²) in [5, 5.41) is 22.1. The van der Waals surface area contributed by atoms with Crippen LogP contribution in [-0.2, 0) is 6.42 Å². The van der Waals surface area contributed by atoms with Gasteiger partial charge in [-0.15, -0.1) is 0 Å². The number of aliphatic hydroxyl groups is 2. The highest BCUT2D eigenvalue weighted by molar-refractivity contribution is 5.17. The third-order valence-electron chi connectivity index (χ3n) is 10.2. The van der Waals surface area contributed by atoms with Crippen molar-refractivity contribution in [3.63, 3.8) is 0 Å². The molecular formula is C30H47FO2. The van der Waals surface area contributed by atoms with Crippen molar-refractivity contribution in [1.29, 1.82) is 0 Å². The van der Waals surface area contributed by atoms with E-state index >= 15 is 0 Å². The van der Waals surface area contributed by atoms with Crippen LogP contribution in [0.1, 0.15) is 103 Å². The van der Waals surface area contributed by atoms with Crippen LogP contribution < -0.4 is 0 Å². The first-order chi connectivity index (χ1) is 15.7. The van der Waals surface area contributed by atoms with E-state index in [0.29, 0.717) is 11.8 Å². The lowest BCUT2D eigenvalue weighted by Crippen LogP contribution is -2.49. The molecule has 0 aliphatic heterocycles. The summed E-state index contributed by atoms with van der Waals surface area (Å²) in [4.78, 5) is 0. The Labute approximate surface area is 201 Å². The molecule has 0 heterocycles. The number of hydrogen-bond donors (Lipinski definition) is 2. The molecule has 2 N–H and O–H groups in total. The van der Waals surface area contributed by atoms with E-state index in [0.717, 1.165) is 61.8 Å². The van der Waals surface area contributed by atoms with Gasteiger partial charge in [-0.25, -0.2) is 4.39 Å². The van der Waals surface area contributed by atoms with Crippen molar-refractivity contribution in [2.24, 2.45) is 35.0 Å². The zero-order valence-corrected chi connectivity index (χ0v) is 21.2. The van der Waals surface area contributed by atoms with Gasteiger partial charge < -0.3 is 10.2 Å². The van der Waals surface area contributed by atoms with E-state index in [1.165, 1.54) is 57.1 Å². The maximum absolute atomic E-state index is 13.3. The lowest BCUT2D eigenvalue weighted by molar-refractivity contribution is -0.0970. The van der Waals surface area contributed by atoms with E-state index in [4.69, 9.17) is 0 Å².